The van der Waals surface area contributed by atoms with Gasteiger partial charge in [0, 0.05) is 26.1 Å². The fourth-order valence-corrected chi connectivity index (χ4v) is 2.15. The Labute approximate surface area is 111 Å². The normalized spacial score (nSPS) is 14.8. The molecule has 0 atom stereocenters. The number of hydrogen-bond acceptors (Lipinski definition) is 4. The zero-order valence-electron chi connectivity index (χ0n) is 10.2. The first kappa shape index (κ1) is 13.0. The number of anilines is 2. The van der Waals surface area contributed by atoms with E-state index in [1.54, 1.807) is 12.1 Å². The summed E-state index contributed by atoms with van der Waals surface area (Å²) < 4.78 is 0. The molecule has 98 valence electrons. The molecule has 1 aliphatic heterocycles. The smallest absolute Gasteiger partial charge is 0.224 e. The third kappa shape index (κ3) is 3.26. The summed E-state index contributed by atoms with van der Waals surface area (Å²) in [6, 6.07) is 3.33. The second-order valence-corrected chi connectivity index (χ2v) is 4.72. The van der Waals surface area contributed by atoms with Crippen LogP contribution in [0.25, 0.3) is 0 Å². The number of rotatable bonds is 4. The second kappa shape index (κ2) is 5.91. The maximum Gasteiger partial charge on any atom is 0.224 e. The molecular formula is C12H17ClN4O. The van der Waals surface area contributed by atoms with Crippen LogP contribution in [0.3, 0.4) is 0 Å². The van der Waals surface area contributed by atoms with Crippen molar-refractivity contribution in [2.24, 2.45) is 0 Å². The summed E-state index contributed by atoms with van der Waals surface area (Å²) in [5, 5.41) is 3.43. The molecule has 2 rings (SSSR count). The van der Waals surface area contributed by atoms with Gasteiger partial charge in [0.15, 0.2) is 5.82 Å². The zero-order valence-corrected chi connectivity index (χ0v) is 10.9. The van der Waals surface area contributed by atoms with E-state index in [9.17, 15) is 4.79 Å². The number of pyridine rings is 1. The van der Waals surface area contributed by atoms with E-state index in [1.165, 1.54) is 0 Å². The Morgan fingerprint density at radius 2 is 2.17 bits per heavy atom. The monoisotopic (exact) mass is 268 g/mol. The maximum absolute atomic E-state index is 11.8. The average Bonchev–Trinajstić information content (AvgIpc) is 2.87. The summed E-state index contributed by atoms with van der Waals surface area (Å²) in [5.74, 6) is 0.720. The molecular weight excluding hydrogens is 252 g/mol. The quantitative estimate of drug-likeness (QED) is 0.816. The van der Waals surface area contributed by atoms with E-state index in [4.69, 9.17) is 17.3 Å². The van der Waals surface area contributed by atoms with Crippen molar-refractivity contribution in [3.8, 4) is 0 Å². The van der Waals surface area contributed by atoms with Gasteiger partial charge in [-0.05, 0) is 25.0 Å². The molecule has 0 saturated carbocycles. The number of likely N-dealkylation sites (tertiary alicyclic amines) is 1. The highest BCUT2D eigenvalue weighted by molar-refractivity contribution is 6.29. The highest BCUT2D eigenvalue weighted by atomic mass is 35.5. The molecule has 1 aromatic heterocycles. The van der Waals surface area contributed by atoms with Gasteiger partial charge in [0.25, 0.3) is 0 Å². The third-order valence-corrected chi connectivity index (χ3v) is 3.19. The first-order chi connectivity index (χ1) is 8.66. The fourth-order valence-electron chi connectivity index (χ4n) is 2.00. The fraction of sp³-hybridized carbons (Fsp3) is 0.500. The summed E-state index contributed by atoms with van der Waals surface area (Å²) in [4.78, 5) is 17.8. The molecule has 0 bridgehead atoms. The number of nitrogen functional groups attached to an aromatic ring is 1. The Morgan fingerprint density at radius 3 is 2.89 bits per heavy atom. The number of nitrogens with one attached hydrogen (secondary N) is 1. The van der Waals surface area contributed by atoms with Gasteiger partial charge in [-0.2, -0.15) is 0 Å². The highest BCUT2D eigenvalue weighted by Crippen LogP contribution is 2.18. The van der Waals surface area contributed by atoms with Crippen molar-refractivity contribution in [1.29, 1.82) is 0 Å². The number of nitrogens with two attached hydrogens (primary N) is 1. The van der Waals surface area contributed by atoms with E-state index in [-0.39, 0.29) is 5.91 Å². The van der Waals surface area contributed by atoms with Crippen molar-refractivity contribution in [3.05, 3.63) is 17.3 Å². The standard InChI is InChI=1S/C12H17ClN4O/c13-10-4-3-9(14)12(16-10)15-6-5-11(18)17-7-1-2-8-17/h3-4H,1-2,5-8,14H2,(H,15,16). The minimum Gasteiger partial charge on any atom is -0.396 e. The minimum absolute atomic E-state index is 0.181. The van der Waals surface area contributed by atoms with Crippen molar-refractivity contribution in [2.45, 2.75) is 19.3 Å². The topological polar surface area (TPSA) is 71.2 Å². The van der Waals surface area contributed by atoms with Crippen LogP contribution in [0.2, 0.25) is 5.15 Å². The number of carbonyl (C=O) groups excluding carboxylic acids is 1. The van der Waals surface area contributed by atoms with Crippen molar-refractivity contribution in [2.75, 3.05) is 30.7 Å². The van der Waals surface area contributed by atoms with Gasteiger partial charge in [0.05, 0.1) is 5.69 Å². The second-order valence-electron chi connectivity index (χ2n) is 4.34. The largest absolute Gasteiger partial charge is 0.396 e. The van der Waals surface area contributed by atoms with Crippen molar-refractivity contribution in [3.63, 3.8) is 0 Å². The molecule has 1 aliphatic rings. The number of nitrogens with zero attached hydrogens (tertiary/aromatic N) is 2. The van der Waals surface area contributed by atoms with Crippen molar-refractivity contribution < 1.29 is 4.79 Å². The summed E-state index contributed by atoms with van der Waals surface area (Å²) in [7, 11) is 0. The Morgan fingerprint density at radius 1 is 1.44 bits per heavy atom. The van der Waals surface area contributed by atoms with Crippen LogP contribution < -0.4 is 11.1 Å². The van der Waals surface area contributed by atoms with E-state index in [1.807, 2.05) is 4.90 Å². The van der Waals surface area contributed by atoms with Crippen molar-refractivity contribution >= 4 is 29.0 Å². The number of amides is 1. The third-order valence-electron chi connectivity index (χ3n) is 2.98. The number of hydrogen-bond donors (Lipinski definition) is 2. The Hall–Kier alpha value is -1.49. The lowest BCUT2D eigenvalue weighted by Gasteiger charge is -2.15. The van der Waals surface area contributed by atoms with Gasteiger partial charge in [-0.15, -0.1) is 0 Å². The molecule has 0 spiro atoms. The molecule has 5 nitrogen and oxygen atoms in total. The predicted octanol–water partition coefficient (Wildman–Crippen LogP) is 1.74. The van der Waals surface area contributed by atoms with Crippen LogP contribution in [0.5, 0.6) is 0 Å². The van der Waals surface area contributed by atoms with E-state index >= 15 is 0 Å². The van der Waals surface area contributed by atoms with Crippen LogP contribution in [-0.4, -0.2) is 35.4 Å². The van der Waals surface area contributed by atoms with E-state index in [2.05, 4.69) is 10.3 Å². The molecule has 1 amide bonds. The van der Waals surface area contributed by atoms with E-state index in [0.717, 1.165) is 25.9 Å². The van der Waals surface area contributed by atoms with Crippen molar-refractivity contribution in [1.82, 2.24) is 9.88 Å². The zero-order chi connectivity index (χ0) is 13.0. The number of aromatic nitrogens is 1. The number of carbonyl (C=O) groups is 1. The summed E-state index contributed by atoms with van der Waals surface area (Å²) >= 11 is 5.78. The Kier molecular flexibility index (Phi) is 4.25. The number of halogens is 1. The van der Waals surface area contributed by atoms with Gasteiger partial charge in [0.2, 0.25) is 5.91 Å². The SMILES string of the molecule is Nc1ccc(Cl)nc1NCCC(=O)N1CCCC1. The summed E-state index contributed by atoms with van der Waals surface area (Å²) in [5.41, 5.74) is 6.28. The van der Waals surface area contributed by atoms with Crippen LogP contribution >= 0.6 is 11.6 Å². The minimum atomic E-state index is 0.181. The van der Waals surface area contributed by atoms with Crippen LogP contribution in [0.4, 0.5) is 11.5 Å². The lowest BCUT2D eigenvalue weighted by atomic mass is 10.3. The summed E-state index contributed by atoms with van der Waals surface area (Å²) in [6.45, 7) is 2.29. The first-order valence-electron chi connectivity index (χ1n) is 6.10. The summed E-state index contributed by atoms with van der Waals surface area (Å²) in [6.07, 6.45) is 2.68. The van der Waals surface area contributed by atoms with E-state index < -0.39 is 0 Å². The van der Waals surface area contributed by atoms with Gasteiger partial charge >= 0.3 is 0 Å². The van der Waals surface area contributed by atoms with Gasteiger partial charge < -0.3 is 16.0 Å². The Bertz CT molecular complexity index is 432. The predicted molar refractivity (Wildman–Crippen MR) is 72.6 cm³/mol. The Balaban J connectivity index is 1.81. The van der Waals surface area contributed by atoms with Gasteiger partial charge in [-0.25, -0.2) is 4.98 Å². The molecule has 0 radical (unpaired) electrons. The molecule has 2 heterocycles. The van der Waals surface area contributed by atoms with E-state index in [0.29, 0.717) is 29.6 Å². The molecule has 1 aromatic rings. The van der Waals surface area contributed by atoms with Crippen LogP contribution in [0, 0.1) is 0 Å². The molecule has 6 heteroatoms. The van der Waals surface area contributed by atoms with Gasteiger partial charge in [-0.3, -0.25) is 4.79 Å². The maximum atomic E-state index is 11.8. The highest BCUT2D eigenvalue weighted by Gasteiger charge is 2.17. The molecule has 0 aromatic carbocycles. The molecule has 18 heavy (non-hydrogen) atoms. The lowest BCUT2D eigenvalue weighted by Crippen LogP contribution is -2.29. The molecule has 0 unspecified atom stereocenters. The molecule has 3 N–H and O–H groups in total. The van der Waals surface area contributed by atoms with Crippen LogP contribution in [0.15, 0.2) is 12.1 Å². The van der Waals surface area contributed by atoms with Gasteiger partial charge in [-0.1, -0.05) is 11.6 Å². The lowest BCUT2D eigenvalue weighted by molar-refractivity contribution is -0.129. The molecule has 0 aliphatic carbocycles. The molecule has 1 saturated heterocycles. The molecule has 1 fully saturated rings. The van der Waals surface area contributed by atoms with Crippen LogP contribution in [0.1, 0.15) is 19.3 Å². The van der Waals surface area contributed by atoms with Gasteiger partial charge in [0.1, 0.15) is 5.15 Å². The first-order valence-corrected chi connectivity index (χ1v) is 6.48. The average molecular weight is 269 g/mol. The van der Waals surface area contributed by atoms with Crippen LogP contribution in [-0.2, 0) is 4.79 Å².